The van der Waals surface area contributed by atoms with Crippen molar-refractivity contribution >= 4 is 51.3 Å². The van der Waals surface area contributed by atoms with Crippen LogP contribution in [0.25, 0.3) is 27.6 Å². The number of aromatic nitrogens is 3. The lowest BCUT2D eigenvalue weighted by Gasteiger charge is -2.09. The summed E-state index contributed by atoms with van der Waals surface area (Å²) in [6.45, 7) is 0. The van der Waals surface area contributed by atoms with E-state index in [-0.39, 0.29) is 17.7 Å². The molecular formula is C20H17N5O2S. The van der Waals surface area contributed by atoms with Crippen LogP contribution in [0.15, 0.2) is 53.7 Å². The number of benzene rings is 2. The lowest BCUT2D eigenvalue weighted by Crippen LogP contribution is -2.41. The second-order valence-corrected chi connectivity index (χ2v) is 7.70. The van der Waals surface area contributed by atoms with E-state index in [1.54, 1.807) is 0 Å². The molecule has 2 N–H and O–H groups in total. The van der Waals surface area contributed by atoms with Crippen molar-refractivity contribution in [3.63, 3.8) is 0 Å². The van der Waals surface area contributed by atoms with Gasteiger partial charge < -0.3 is 5.32 Å². The second-order valence-electron chi connectivity index (χ2n) is 6.76. The number of para-hydroxylation sites is 3. The van der Waals surface area contributed by atoms with Gasteiger partial charge in [-0.05, 0) is 37.1 Å². The van der Waals surface area contributed by atoms with Crippen molar-refractivity contribution < 1.29 is 9.59 Å². The van der Waals surface area contributed by atoms with Crippen molar-refractivity contribution in [1.29, 1.82) is 0 Å². The maximum absolute atomic E-state index is 12.2. The number of carbonyl (C=O) groups is 2. The molecule has 4 aromatic rings. The minimum absolute atomic E-state index is 0.0883. The van der Waals surface area contributed by atoms with Crippen LogP contribution in [0.5, 0.6) is 0 Å². The Hall–Kier alpha value is -3.13. The van der Waals surface area contributed by atoms with Crippen molar-refractivity contribution in [2.75, 3.05) is 5.75 Å². The Balaban J connectivity index is 1.48. The monoisotopic (exact) mass is 391 g/mol. The highest BCUT2D eigenvalue weighted by atomic mass is 32.2. The van der Waals surface area contributed by atoms with E-state index in [0.717, 1.165) is 40.4 Å². The van der Waals surface area contributed by atoms with Gasteiger partial charge in [-0.1, -0.05) is 36.0 Å². The van der Waals surface area contributed by atoms with Crippen LogP contribution in [0.3, 0.4) is 0 Å². The summed E-state index contributed by atoms with van der Waals surface area (Å²) in [6, 6.07) is 15.4. The van der Waals surface area contributed by atoms with E-state index in [4.69, 9.17) is 9.97 Å². The molecular weight excluding hydrogens is 374 g/mol. The van der Waals surface area contributed by atoms with Crippen LogP contribution in [-0.4, -0.2) is 38.1 Å². The third kappa shape index (κ3) is 3.16. The number of hydrogen-bond donors (Lipinski definition) is 2. The molecule has 0 spiro atoms. The molecule has 0 radical (unpaired) electrons. The van der Waals surface area contributed by atoms with Crippen LogP contribution in [0.4, 0.5) is 4.79 Å². The van der Waals surface area contributed by atoms with Gasteiger partial charge in [-0.3, -0.25) is 14.5 Å². The first-order chi connectivity index (χ1) is 13.7. The fourth-order valence-electron chi connectivity index (χ4n) is 3.15. The summed E-state index contributed by atoms with van der Waals surface area (Å²) < 4.78 is 1.97. The Morgan fingerprint density at radius 1 is 1.04 bits per heavy atom. The molecule has 0 bridgehead atoms. The van der Waals surface area contributed by atoms with Crippen LogP contribution >= 0.6 is 11.8 Å². The molecule has 0 atom stereocenters. The Morgan fingerprint density at radius 2 is 1.79 bits per heavy atom. The van der Waals surface area contributed by atoms with Crippen molar-refractivity contribution in [2.24, 2.45) is 0 Å². The summed E-state index contributed by atoms with van der Waals surface area (Å²) in [5, 5.41) is 6.74. The lowest BCUT2D eigenvalue weighted by molar-refractivity contribution is -0.117. The number of imidazole rings is 1. The first kappa shape index (κ1) is 17.0. The number of rotatable bonds is 4. The Kier molecular flexibility index (Phi) is 4.12. The Labute approximate surface area is 164 Å². The number of urea groups is 1. The van der Waals surface area contributed by atoms with Crippen molar-refractivity contribution in [3.05, 3.63) is 48.5 Å². The van der Waals surface area contributed by atoms with Gasteiger partial charge in [-0.25, -0.2) is 14.8 Å². The molecule has 0 saturated heterocycles. The molecule has 2 heterocycles. The van der Waals surface area contributed by atoms with Gasteiger partial charge in [-0.2, -0.15) is 0 Å². The van der Waals surface area contributed by atoms with Gasteiger partial charge in [0.05, 0.1) is 22.3 Å². The van der Waals surface area contributed by atoms with Crippen LogP contribution < -0.4 is 10.6 Å². The zero-order valence-corrected chi connectivity index (χ0v) is 15.7. The average Bonchev–Trinajstić information content (AvgIpc) is 3.42. The predicted molar refractivity (Wildman–Crippen MR) is 108 cm³/mol. The van der Waals surface area contributed by atoms with Crippen molar-refractivity contribution in [1.82, 2.24) is 25.0 Å². The molecule has 7 nitrogen and oxygen atoms in total. The maximum atomic E-state index is 12.2. The topological polar surface area (TPSA) is 88.4 Å². The van der Waals surface area contributed by atoms with E-state index in [1.807, 2.05) is 52.9 Å². The average molecular weight is 391 g/mol. The van der Waals surface area contributed by atoms with E-state index < -0.39 is 6.03 Å². The lowest BCUT2D eigenvalue weighted by atomic mass is 10.2. The van der Waals surface area contributed by atoms with Crippen LogP contribution in [0.1, 0.15) is 12.8 Å². The first-order valence-corrected chi connectivity index (χ1v) is 10.1. The standard InChI is InChI=1S/C20H17N5O2S/c26-17(24-19(27)21-12-9-10-12)11-28-20-23-14-6-2-1-5-13(14)18-22-15-7-3-4-8-16(15)25(18)20/h1-8,12H,9-11H2,(H2,21,24,26,27). The maximum Gasteiger partial charge on any atom is 0.321 e. The summed E-state index contributed by atoms with van der Waals surface area (Å²) in [7, 11) is 0. The second kappa shape index (κ2) is 6.79. The number of amides is 3. The predicted octanol–water partition coefficient (Wildman–Crippen LogP) is 3.12. The van der Waals surface area contributed by atoms with Crippen LogP contribution in [-0.2, 0) is 4.79 Å². The number of nitrogens with zero attached hydrogens (tertiary/aromatic N) is 3. The fraction of sp³-hybridized carbons (Fsp3) is 0.200. The molecule has 2 aromatic carbocycles. The van der Waals surface area contributed by atoms with Crippen LogP contribution in [0, 0.1) is 0 Å². The number of hydrogen-bond acceptors (Lipinski definition) is 5. The van der Waals surface area contributed by atoms with Gasteiger partial charge >= 0.3 is 6.03 Å². The highest BCUT2D eigenvalue weighted by molar-refractivity contribution is 7.99. The summed E-state index contributed by atoms with van der Waals surface area (Å²) in [5.74, 6) is -0.263. The van der Waals surface area contributed by atoms with Gasteiger partial charge in [-0.15, -0.1) is 0 Å². The third-order valence-electron chi connectivity index (χ3n) is 4.61. The fourth-order valence-corrected chi connectivity index (χ4v) is 3.96. The molecule has 0 unspecified atom stereocenters. The highest BCUT2D eigenvalue weighted by Gasteiger charge is 2.24. The molecule has 5 rings (SSSR count). The number of imide groups is 1. The summed E-state index contributed by atoms with van der Waals surface area (Å²) in [6.07, 6.45) is 1.95. The van der Waals surface area contributed by atoms with E-state index in [2.05, 4.69) is 10.6 Å². The largest absolute Gasteiger partial charge is 0.335 e. The molecule has 1 fully saturated rings. The Morgan fingerprint density at radius 3 is 2.61 bits per heavy atom. The number of thioether (sulfide) groups is 1. The minimum atomic E-state index is -0.433. The van der Waals surface area contributed by atoms with E-state index in [1.165, 1.54) is 11.8 Å². The zero-order valence-electron chi connectivity index (χ0n) is 14.9. The summed E-state index contributed by atoms with van der Waals surface area (Å²) in [5.41, 5.74) is 3.43. The molecule has 2 aromatic heterocycles. The quantitative estimate of drug-likeness (QED) is 0.412. The SMILES string of the molecule is O=C(CSc1nc2ccccc2c2nc3ccccc3n12)NC(=O)NC1CC1. The molecule has 8 heteroatoms. The number of fused-ring (bicyclic) bond motifs is 5. The molecule has 28 heavy (non-hydrogen) atoms. The minimum Gasteiger partial charge on any atom is -0.335 e. The summed E-state index contributed by atoms with van der Waals surface area (Å²) in [4.78, 5) is 33.4. The third-order valence-corrected chi connectivity index (χ3v) is 5.55. The molecule has 1 aliphatic rings. The van der Waals surface area contributed by atoms with Crippen LogP contribution in [0.2, 0.25) is 0 Å². The smallest absolute Gasteiger partial charge is 0.321 e. The van der Waals surface area contributed by atoms with Gasteiger partial charge in [0.25, 0.3) is 0 Å². The first-order valence-electron chi connectivity index (χ1n) is 9.08. The molecule has 3 amide bonds. The van der Waals surface area contributed by atoms with E-state index in [0.29, 0.717) is 5.16 Å². The van der Waals surface area contributed by atoms with Crippen molar-refractivity contribution in [3.8, 4) is 0 Å². The highest BCUT2D eigenvalue weighted by Crippen LogP contribution is 2.28. The number of carbonyl (C=O) groups excluding carboxylic acids is 2. The molecule has 140 valence electrons. The van der Waals surface area contributed by atoms with Gasteiger partial charge in [0.2, 0.25) is 5.91 Å². The molecule has 1 saturated carbocycles. The molecule has 1 aliphatic carbocycles. The zero-order chi connectivity index (χ0) is 19.1. The molecule has 0 aliphatic heterocycles. The number of nitrogens with one attached hydrogen (secondary N) is 2. The van der Waals surface area contributed by atoms with Crippen molar-refractivity contribution in [2.45, 2.75) is 24.0 Å². The normalized spacial score (nSPS) is 13.9. The van der Waals surface area contributed by atoms with E-state index in [9.17, 15) is 9.59 Å². The van der Waals surface area contributed by atoms with Gasteiger partial charge in [0.1, 0.15) is 5.65 Å². The summed E-state index contributed by atoms with van der Waals surface area (Å²) >= 11 is 1.29. The van der Waals surface area contributed by atoms with Gasteiger partial charge in [0, 0.05) is 11.4 Å². The van der Waals surface area contributed by atoms with E-state index >= 15 is 0 Å². The van der Waals surface area contributed by atoms with Gasteiger partial charge in [0.15, 0.2) is 5.16 Å². The Bertz CT molecular complexity index is 1230.